The smallest absolute Gasteiger partial charge is 0.259 e. The molecule has 5 aromatic rings. The highest BCUT2D eigenvalue weighted by Gasteiger charge is 2.16. The van der Waals surface area contributed by atoms with E-state index in [1.54, 1.807) is 36.0 Å². The van der Waals surface area contributed by atoms with Crippen molar-refractivity contribution in [2.24, 2.45) is 7.05 Å². The Kier molecular flexibility index (Phi) is 4.05. The molecule has 0 spiro atoms. The van der Waals surface area contributed by atoms with Gasteiger partial charge < -0.3 is 9.40 Å². The van der Waals surface area contributed by atoms with E-state index in [-0.39, 0.29) is 5.56 Å². The zero-order valence-electron chi connectivity index (χ0n) is 15.6. The van der Waals surface area contributed by atoms with Crippen molar-refractivity contribution in [3.63, 3.8) is 0 Å². The van der Waals surface area contributed by atoms with Crippen LogP contribution in [0.2, 0.25) is 10.0 Å². The Morgan fingerprint density at radius 1 is 1.03 bits per heavy atom. The van der Waals surface area contributed by atoms with E-state index < -0.39 is 0 Å². The molecule has 0 aliphatic rings. The molecule has 0 bridgehead atoms. The number of halogens is 2. The molecular weight excluding hydrogens is 409 g/mol. The second-order valence-electron chi connectivity index (χ2n) is 6.94. The van der Waals surface area contributed by atoms with Crippen LogP contribution < -0.4 is 5.56 Å². The quantitative estimate of drug-likeness (QED) is 0.381. The molecule has 0 aliphatic heterocycles. The molecule has 0 unspecified atom stereocenters. The summed E-state index contributed by atoms with van der Waals surface area (Å²) in [5.41, 5.74) is 3.61. The van der Waals surface area contributed by atoms with E-state index in [1.807, 2.05) is 31.2 Å². The van der Waals surface area contributed by atoms with Gasteiger partial charge in [0.1, 0.15) is 5.65 Å². The summed E-state index contributed by atoms with van der Waals surface area (Å²) in [7, 11) is 1.74. The second kappa shape index (κ2) is 6.51. The van der Waals surface area contributed by atoms with E-state index in [4.69, 9.17) is 27.6 Å². The fourth-order valence-electron chi connectivity index (χ4n) is 3.65. The number of pyridine rings is 1. The third kappa shape index (κ3) is 2.85. The lowest BCUT2D eigenvalue weighted by Gasteiger charge is -2.08. The predicted molar refractivity (Wildman–Crippen MR) is 117 cm³/mol. The molecule has 1 N–H and O–H groups in total. The molecule has 0 radical (unpaired) electrons. The van der Waals surface area contributed by atoms with Crippen LogP contribution >= 0.6 is 23.2 Å². The molecule has 29 heavy (non-hydrogen) atoms. The number of oxazole rings is 1. The zero-order valence-corrected chi connectivity index (χ0v) is 17.1. The summed E-state index contributed by atoms with van der Waals surface area (Å²) in [5.74, 6) is 1.31. The molecule has 5 nitrogen and oxygen atoms in total. The Morgan fingerprint density at radius 2 is 1.86 bits per heavy atom. The minimum absolute atomic E-state index is 0.139. The lowest BCUT2D eigenvalue weighted by atomic mass is 10.0. The van der Waals surface area contributed by atoms with Gasteiger partial charge in [-0.05, 0) is 36.4 Å². The standard InChI is InChI=1S/C22H15Cl2N3O2/c1-11-25-10-20(29-11)12-3-6-19-15(7-12)16-9-17(22(28)27(2)21(16)26-19)14-5-4-13(23)8-18(14)24/h3-10,26H,1-2H3. The van der Waals surface area contributed by atoms with Gasteiger partial charge in [-0.3, -0.25) is 9.36 Å². The molecule has 0 amide bonds. The molecular formula is C22H15Cl2N3O2. The third-order valence-corrected chi connectivity index (χ3v) is 5.65. The normalized spacial score (nSPS) is 11.6. The number of aromatic nitrogens is 3. The SMILES string of the molecule is Cc1ncc(-c2ccc3[nH]c4c(cc(-c5ccc(Cl)cc5Cl)c(=O)n4C)c3c2)o1. The first-order chi connectivity index (χ1) is 13.9. The summed E-state index contributed by atoms with van der Waals surface area (Å²) in [6.07, 6.45) is 1.71. The number of nitrogens with zero attached hydrogens (tertiary/aromatic N) is 2. The van der Waals surface area contributed by atoms with Crippen LogP contribution in [0.4, 0.5) is 0 Å². The minimum Gasteiger partial charge on any atom is -0.441 e. The predicted octanol–water partition coefficient (Wildman–Crippen LogP) is 5.96. The molecule has 0 saturated carbocycles. The van der Waals surface area contributed by atoms with Crippen LogP contribution in [0.5, 0.6) is 0 Å². The highest BCUT2D eigenvalue weighted by atomic mass is 35.5. The summed E-state index contributed by atoms with van der Waals surface area (Å²) in [6, 6.07) is 13.0. The van der Waals surface area contributed by atoms with Crippen molar-refractivity contribution in [3.8, 4) is 22.5 Å². The monoisotopic (exact) mass is 423 g/mol. The lowest BCUT2D eigenvalue weighted by molar-refractivity contribution is 0.534. The highest BCUT2D eigenvalue weighted by Crippen LogP contribution is 2.34. The minimum atomic E-state index is -0.139. The van der Waals surface area contributed by atoms with Gasteiger partial charge in [0.25, 0.3) is 5.56 Å². The van der Waals surface area contributed by atoms with Gasteiger partial charge in [0.15, 0.2) is 11.7 Å². The number of fused-ring (bicyclic) bond motifs is 3. The molecule has 0 fully saturated rings. The third-order valence-electron chi connectivity index (χ3n) is 5.10. The van der Waals surface area contributed by atoms with Crippen molar-refractivity contribution in [3.05, 3.63) is 75.0 Å². The Bertz CT molecular complexity index is 1480. The summed E-state index contributed by atoms with van der Waals surface area (Å²) >= 11 is 12.4. The number of H-pyrrole nitrogens is 1. The van der Waals surface area contributed by atoms with E-state index in [9.17, 15) is 4.79 Å². The van der Waals surface area contributed by atoms with Crippen molar-refractivity contribution < 1.29 is 4.42 Å². The maximum absolute atomic E-state index is 13.0. The van der Waals surface area contributed by atoms with Gasteiger partial charge in [0.2, 0.25) is 0 Å². The molecule has 3 heterocycles. The zero-order chi connectivity index (χ0) is 20.3. The first-order valence-corrected chi connectivity index (χ1v) is 9.71. The molecule has 5 rings (SSSR count). The summed E-state index contributed by atoms with van der Waals surface area (Å²) in [5, 5.41) is 2.86. The van der Waals surface area contributed by atoms with Crippen LogP contribution in [0, 0.1) is 6.92 Å². The maximum Gasteiger partial charge on any atom is 0.259 e. The molecule has 0 saturated heterocycles. The average molecular weight is 424 g/mol. The Hall–Kier alpha value is -3.02. The number of rotatable bonds is 2. The highest BCUT2D eigenvalue weighted by molar-refractivity contribution is 6.36. The first-order valence-electron chi connectivity index (χ1n) is 8.96. The first kappa shape index (κ1) is 18.0. The fraction of sp³-hybridized carbons (Fsp3) is 0.0909. The topological polar surface area (TPSA) is 63.8 Å². The van der Waals surface area contributed by atoms with Crippen molar-refractivity contribution >= 4 is 45.1 Å². The maximum atomic E-state index is 13.0. The number of hydrogen-bond donors (Lipinski definition) is 1. The largest absolute Gasteiger partial charge is 0.441 e. The summed E-state index contributed by atoms with van der Waals surface area (Å²) in [6.45, 7) is 1.81. The van der Waals surface area contributed by atoms with Crippen LogP contribution in [0.1, 0.15) is 5.89 Å². The van der Waals surface area contributed by atoms with E-state index in [1.165, 1.54) is 0 Å². The average Bonchev–Trinajstić information content (AvgIpc) is 3.28. The van der Waals surface area contributed by atoms with Gasteiger partial charge >= 0.3 is 0 Å². The van der Waals surface area contributed by atoms with E-state index >= 15 is 0 Å². The van der Waals surface area contributed by atoms with Crippen molar-refractivity contribution in [1.29, 1.82) is 0 Å². The van der Waals surface area contributed by atoms with Gasteiger partial charge in [-0.1, -0.05) is 29.3 Å². The van der Waals surface area contributed by atoms with Crippen LogP contribution in [0.25, 0.3) is 44.4 Å². The summed E-state index contributed by atoms with van der Waals surface area (Å²) < 4.78 is 7.27. The van der Waals surface area contributed by atoms with Gasteiger partial charge in [-0.15, -0.1) is 0 Å². The van der Waals surface area contributed by atoms with Crippen molar-refractivity contribution in [2.75, 3.05) is 0 Å². The Balaban J connectivity index is 1.81. The van der Waals surface area contributed by atoms with Crippen molar-refractivity contribution in [2.45, 2.75) is 6.92 Å². The number of nitrogens with one attached hydrogen (secondary N) is 1. The molecule has 0 aliphatic carbocycles. The Labute approximate surface area is 175 Å². The van der Waals surface area contributed by atoms with Crippen LogP contribution in [-0.4, -0.2) is 14.5 Å². The van der Waals surface area contributed by atoms with Gasteiger partial charge in [-0.25, -0.2) is 4.98 Å². The lowest BCUT2D eigenvalue weighted by Crippen LogP contribution is -2.19. The summed E-state index contributed by atoms with van der Waals surface area (Å²) in [4.78, 5) is 20.5. The van der Waals surface area contributed by atoms with E-state index in [0.717, 1.165) is 27.5 Å². The number of aromatic amines is 1. The molecule has 3 aromatic heterocycles. The van der Waals surface area contributed by atoms with Gasteiger partial charge in [0, 0.05) is 52.0 Å². The van der Waals surface area contributed by atoms with Crippen molar-refractivity contribution in [1.82, 2.24) is 14.5 Å². The van der Waals surface area contributed by atoms with Gasteiger partial charge in [0.05, 0.1) is 11.2 Å². The Morgan fingerprint density at radius 3 is 2.59 bits per heavy atom. The van der Waals surface area contributed by atoms with E-state index in [0.29, 0.717) is 32.8 Å². The van der Waals surface area contributed by atoms with Crippen LogP contribution in [-0.2, 0) is 7.05 Å². The molecule has 2 aromatic carbocycles. The van der Waals surface area contributed by atoms with Crippen LogP contribution in [0.15, 0.2) is 57.9 Å². The molecule has 144 valence electrons. The van der Waals surface area contributed by atoms with Gasteiger partial charge in [-0.2, -0.15) is 0 Å². The number of benzene rings is 2. The number of aryl methyl sites for hydroxylation is 2. The number of hydrogen-bond acceptors (Lipinski definition) is 3. The molecule has 0 atom stereocenters. The fourth-order valence-corrected chi connectivity index (χ4v) is 4.16. The molecule has 7 heteroatoms. The van der Waals surface area contributed by atoms with Crippen LogP contribution in [0.3, 0.4) is 0 Å². The second-order valence-corrected chi connectivity index (χ2v) is 7.78. The van der Waals surface area contributed by atoms with E-state index in [2.05, 4.69) is 9.97 Å².